The van der Waals surface area contributed by atoms with E-state index in [-0.39, 0.29) is 35.5 Å². The highest BCUT2D eigenvalue weighted by atomic mass is 19.1. The van der Waals surface area contributed by atoms with Gasteiger partial charge in [0.25, 0.3) is 5.91 Å². The monoisotopic (exact) mass is 412 g/mol. The molecular weight excluding hydrogens is 387 g/mol. The second-order valence-electron chi connectivity index (χ2n) is 7.87. The summed E-state index contributed by atoms with van der Waals surface area (Å²) in [5.74, 6) is 0.811. The van der Waals surface area contributed by atoms with Crippen LogP contribution in [-0.4, -0.2) is 55.5 Å². The predicted octanol–water partition coefficient (Wildman–Crippen LogP) is 3.13. The van der Waals surface area contributed by atoms with Crippen LogP contribution in [0.25, 0.3) is 0 Å². The molecule has 0 spiro atoms. The van der Waals surface area contributed by atoms with Crippen molar-refractivity contribution in [3.8, 4) is 11.5 Å². The standard InChI is InChI=1S/C23H25FN2O4/c1-14(27)26-12-16-11-25(13-20(16)22(26)15-5-4-6-17(24)9-15)23(28)19-8-7-18(29-2)10-21(19)30-3/h4-10,16,20,22H,11-13H2,1-3H3/t16-,20-,22-/m1/s1. The third-order valence-corrected chi connectivity index (χ3v) is 6.19. The Labute approximate surface area is 175 Å². The van der Waals surface area contributed by atoms with Crippen LogP contribution < -0.4 is 9.47 Å². The predicted molar refractivity (Wildman–Crippen MR) is 109 cm³/mol. The number of ether oxygens (including phenoxy) is 2. The van der Waals surface area contributed by atoms with Gasteiger partial charge in [-0.3, -0.25) is 9.59 Å². The quantitative estimate of drug-likeness (QED) is 0.774. The first-order chi connectivity index (χ1) is 14.4. The third-order valence-electron chi connectivity index (χ3n) is 6.19. The zero-order valence-electron chi connectivity index (χ0n) is 17.3. The third kappa shape index (κ3) is 3.49. The average molecular weight is 412 g/mol. The summed E-state index contributed by atoms with van der Waals surface area (Å²) >= 11 is 0. The lowest BCUT2D eigenvalue weighted by Gasteiger charge is -2.29. The van der Waals surface area contributed by atoms with Crippen LogP contribution in [0.5, 0.6) is 11.5 Å². The fourth-order valence-electron chi connectivity index (χ4n) is 4.80. The van der Waals surface area contributed by atoms with E-state index in [1.54, 1.807) is 43.2 Å². The normalized spacial score (nSPS) is 22.7. The Hall–Kier alpha value is -3.09. The molecule has 2 fully saturated rings. The Morgan fingerprint density at radius 2 is 1.83 bits per heavy atom. The average Bonchev–Trinajstić information content (AvgIpc) is 3.30. The molecule has 2 aromatic rings. The topological polar surface area (TPSA) is 59.1 Å². The molecule has 3 atom stereocenters. The first kappa shape index (κ1) is 20.2. The van der Waals surface area contributed by atoms with Crippen molar-refractivity contribution in [1.82, 2.24) is 9.80 Å². The van der Waals surface area contributed by atoms with Gasteiger partial charge in [0.05, 0.1) is 25.8 Å². The van der Waals surface area contributed by atoms with Crippen molar-refractivity contribution in [1.29, 1.82) is 0 Å². The Morgan fingerprint density at radius 3 is 2.50 bits per heavy atom. The van der Waals surface area contributed by atoms with E-state index in [0.29, 0.717) is 36.7 Å². The number of methoxy groups -OCH3 is 2. The first-order valence-corrected chi connectivity index (χ1v) is 9.97. The van der Waals surface area contributed by atoms with Crippen molar-refractivity contribution in [3.63, 3.8) is 0 Å². The van der Waals surface area contributed by atoms with Crippen molar-refractivity contribution in [3.05, 3.63) is 59.4 Å². The second-order valence-corrected chi connectivity index (χ2v) is 7.87. The molecule has 7 heteroatoms. The molecule has 0 radical (unpaired) electrons. The van der Waals surface area contributed by atoms with Crippen LogP contribution in [-0.2, 0) is 4.79 Å². The number of fused-ring (bicyclic) bond motifs is 1. The van der Waals surface area contributed by atoms with Gasteiger partial charge >= 0.3 is 0 Å². The Bertz CT molecular complexity index is 979. The van der Waals surface area contributed by atoms with Crippen molar-refractivity contribution in [2.45, 2.75) is 13.0 Å². The molecule has 0 N–H and O–H groups in total. The van der Waals surface area contributed by atoms with Gasteiger partial charge in [0.1, 0.15) is 17.3 Å². The molecule has 30 heavy (non-hydrogen) atoms. The minimum Gasteiger partial charge on any atom is -0.497 e. The number of nitrogens with zero attached hydrogens (tertiary/aromatic N) is 2. The van der Waals surface area contributed by atoms with Gasteiger partial charge in [0.2, 0.25) is 5.91 Å². The highest BCUT2D eigenvalue weighted by Gasteiger charge is 2.49. The lowest BCUT2D eigenvalue weighted by Crippen LogP contribution is -2.36. The van der Waals surface area contributed by atoms with Crippen LogP contribution in [0.15, 0.2) is 42.5 Å². The van der Waals surface area contributed by atoms with E-state index < -0.39 is 0 Å². The van der Waals surface area contributed by atoms with E-state index in [9.17, 15) is 14.0 Å². The van der Waals surface area contributed by atoms with Crippen LogP contribution in [0.4, 0.5) is 4.39 Å². The number of benzene rings is 2. The van der Waals surface area contributed by atoms with E-state index in [0.717, 1.165) is 5.56 Å². The summed E-state index contributed by atoms with van der Waals surface area (Å²) in [5.41, 5.74) is 1.25. The number of amides is 2. The zero-order valence-corrected chi connectivity index (χ0v) is 17.3. The number of halogens is 1. The van der Waals surface area contributed by atoms with Crippen LogP contribution in [0.3, 0.4) is 0 Å². The van der Waals surface area contributed by atoms with E-state index in [1.165, 1.54) is 19.2 Å². The second kappa shape index (κ2) is 7.97. The summed E-state index contributed by atoms with van der Waals surface area (Å²) in [6, 6.07) is 11.3. The van der Waals surface area contributed by atoms with E-state index in [1.807, 2.05) is 11.0 Å². The number of carbonyl (C=O) groups is 2. The number of hydrogen-bond donors (Lipinski definition) is 0. The van der Waals surface area contributed by atoms with Gasteiger partial charge < -0.3 is 19.3 Å². The van der Waals surface area contributed by atoms with Crippen molar-refractivity contribution < 1.29 is 23.5 Å². The molecule has 2 saturated heterocycles. The fraction of sp³-hybridized carbons (Fsp3) is 0.391. The molecule has 4 rings (SSSR count). The van der Waals surface area contributed by atoms with Gasteiger partial charge in [-0.1, -0.05) is 12.1 Å². The molecule has 2 aliphatic heterocycles. The molecule has 2 heterocycles. The molecular formula is C23H25FN2O4. The van der Waals surface area contributed by atoms with E-state index in [4.69, 9.17) is 9.47 Å². The highest BCUT2D eigenvalue weighted by Crippen LogP contribution is 2.45. The molecule has 0 saturated carbocycles. The summed E-state index contributed by atoms with van der Waals surface area (Å²) in [4.78, 5) is 29.1. The van der Waals surface area contributed by atoms with Gasteiger partial charge in [-0.2, -0.15) is 0 Å². The Morgan fingerprint density at radius 1 is 1.03 bits per heavy atom. The smallest absolute Gasteiger partial charge is 0.257 e. The Kier molecular flexibility index (Phi) is 5.37. The fourth-order valence-corrected chi connectivity index (χ4v) is 4.80. The minimum absolute atomic E-state index is 0.0339. The molecule has 2 aliphatic rings. The van der Waals surface area contributed by atoms with Crippen LogP contribution in [0.2, 0.25) is 0 Å². The van der Waals surface area contributed by atoms with E-state index >= 15 is 0 Å². The van der Waals surface area contributed by atoms with Gasteiger partial charge in [-0.25, -0.2) is 4.39 Å². The van der Waals surface area contributed by atoms with Gasteiger partial charge in [0, 0.05) is 44.5 Å². The summed E-state index contributed by atoms with van der Waals surface area (Å²) in [5, 5.41) is 0. The zero-order chi connectivity index (χ0) is 21.4. The van der Waals surface area contributed by atoms with Gasteiger partial charge in [-0.05, 0) is 29.8 Å². The maximum Gasteiger partial charge on any atom is 0.257 e. The van der Waals surface area contributed by atoms with E-state index in [2.05, 4.69) is 0 Å². The summed E-state index contributed by atoms with van der Waals surface area (Å²) in [7, 11) is 3.08. The number of carbonyl (C=O) groups excluding carboxylic acids is 2. The number of likely N-dealkylation sites (tertiary alicyclic amines) is 2. The van der Waals surface area contributed by atoms with Gasteiger partial charge in [-0.15, -0.1) is 0 Å². The summed E-state index contributed by atoms with van der Waals surface area (Å²) in [6.45, 7) is 3.15. The number of rotatable bonds is 4. The lowest BCUT2D eigenvalue weighted by molar-refractivity contribution is -0.130. The van der Waals surface area contributed by atoms with Gasteiger partial charge in [0.15, 0.2) is 0 Å². The summed E-state index contributed by atoms with van der Waals surface area (Å²) < 4.78 is 24.5. The molecule has 2 aromatic carbocycles. The molecule has 2 amide bonds. The van der Waals surface area contributed by atoms with Crippen LogP contribution >= 0.6 is 0 Å². The number of hydrogen-bond acceptors (Lipinski definition) is 4. The molecule has 0 aromatic heterocycles. The first-order valence-electron chi connectivity index (χ1n) is 9.97. The van der Waals surface area contributed by atoms with Crippen molar-refractivity contribution in [2.24, 2.45) is 11.8 Å². The lowest BCUT2D eigenvalue weighted by atomic mass is 9.89. The van der Waals surface area contributed by atoms with Crippen LogP contribution in [0, 0.1) is 17.7 Å². The van der Waals surface area contributed by atoms with Crippen LogP contribution in [0.1, 0.15) is 28.9 Å². The largest absolute Gasteiger partial charge is 0.497 e. The van der Waals surface area contributed by atoms with Crippen molar-refractivity contribution >= 4 is 11.8 Å². The molecule has 0 bridgehead atoms. The maximum atomic E-state index is 13.9. The molecule has 6 nitrogen and oxygen atoms in total. The SMILES string of the molecule is COc1ccc(C(=O)N2C[C@@H]3CN(C(C)=O)[C@H](c4cccc(F)c4)[C@@H]3C2)c(OC)c1. The Balaban J connectivity index is 1.60. The molecule has 0 aliphatic carbocycles. The minimum atomic E-state index is -0.326. The maximum absolute atomic E-state index is 13.9. The highest BCUT2D eigenvalue weighted by molar-refractivity contribution is 5.97. The summed E-state index contributed by atoms with van der Waals surface area (Å²) in [6.07, 6.45) is 0. The van der Waals surface area contributed by atoms with Crippen molar-refractivity contribution in [2.75, 3.05) is 33.9 Å². The molecule has 0 unspecified atom stereocenters. The molecule has 158 valence electrons.